The van der Waals surface area contributed by atoms with Crippen molar-refractivity contribution in [2.45, 2.75) is 19.3 Å². The van der Waals surface area contributed by atoms with Gasteiger partial charge in [0.1, 0.15) is 11.5 Å². The smallest absolute Gasteiger partial charge is 0.405 e. The van der Waals surface area contributed by atoms with E-state index in [1.807, 2.05) is 0 Å². The molecule has 1 aromatic heterocycles. The Morgan fingerprint density at radius 3 is 1.73 bits per heavy atom. The van der Waals surface area contributed by atoms with Crippen LogP contribution in [0.5, 0.6) is 11.5 Å². The molecule has 0 saturated heterocycles. The van der Waals surface area contributed by atoms with Gasteiger partial charge in [0.2, 0.25) is 0 Å². The zero-order chi connectivity index (χ0) is 21.9. The van der Waals surface area contributed by atoms with Crippen LogP contribution in [0.2, 0.25) is 0 Å². The number of aliphatic hydroxyl groups is 1. The van der Waals surface area contributed by atoms with E-state index in [9.17, 15) is 31.4 Å². The van der Waals surface area contributed by atoms with Crippen molar-refractivity contribution in [1.29, 1.82) is 0 Å². The minimum Gasteiger partial charge on any atom is -0.405 e. The van der Waals surface area contributed by atoms with E-state index in [-0.39, 0.29) is 28.1 Å². The van der Waals surface area contributed by atoms with Crippen LogP contribution < -0.4 is 9.47 Å². The van der Waals surface area contributed by atoms with Crippen molar-refractivity contribution in [3.05, 3.63) is 66.2 Å². The van der Waals surface area contributed by atoms with E-state index in [4.69, 9.17) is 0 Å². The van der Waals surface area contributed by atoms with E-state index in [1.165, 1.54) is 48.5 Å². The first-order valence-corrected chi connectivity index (χ1v) is 8.38. The van der Waals surface area contributed by atoms with Gasteiger partial charge in [0.25, 0.3) is 0 Å². The van der Waals surface area contributed by atoms with Crippen LogP contribution in [0.4, 0.5) is 26.3 Å². The minimum atomic E-state index is -4.97. The van der Waals surface area contributed by atoms with E-state index in [1.54, 1.807) is 0 Å². The Balaban J connectivity index is 2.14. The van der Waals surface area contributed by atoms with E-state index in [0.717, 1.165) is 12.1 Å². The maximum absolute atomic E-state index is 12.8. The fourth-order valence-electron chi connectivity index (χ4n) is 2.77. The van der Waals surface area contributed by atoms with Gasteiger partial charge < -0.3 is 14.6 Å². The number of para-hydroxylation sites is 2. The topological polar surface area (TPSA) is 51.6 Å². The van der Waals surface area contributed by atoms with E-state index < -0.39 is 30.8 Å². The molecule has 3 rings (SSSR count). The van der Waals surface area contributed by atoms with Gasteiger partial charge in [-0.05, 0) is 30.3 Å². The molecule has 3 aromatic rings. The van der Waals surface area contributed by atoms with Crippen LogP contribution in [0, 0.1) is 0 Å². The predicted molar refractivity (Wildman–Crippen MR) is 94.4 cm³/mol. The summed E-state index contributed by atoms with van der Waals surface area (Å²) in [5.74, 6) is -1.09. The van der Waals surface area contributed by atoms with Crippen LogP contribution in [0.3, 0.4) is 0 Å². The zero-order valence-corrected chi connectivity index (χ0v) is 15.0. The fraction of sp³-hybridized carbons (Fsp3) is 0.150. The first-order chi connectivity index (χ1) is 14.1. The van der Waals surface area contributed by atoms with Crippen molar-refractivity contribution < 1.29 is 40.9 Å². The first kappa shape index (κ1) is 21.4. The minimum absolute atomic E-state index is 0.00358. The predicted octanol–water partition coefficient (Wildman–Crippen LogP) is 5.71. The summed E-state index contributed by atoms with van der Waals surface area (Å²) in [6.07, 6.45) is -9.92. The lowest BCUT2D eigenvalue weighted by Gasteiger charge is -2.16. The summed E-state index contributed by atoms with van der Waals surface area (Å²) >= 11 is 0. The summed E-state index contributed by atoms with van der Waals surface area (Å²) < 4.78 is 84.5. The van der Waals surface area contributed by atoms with Gasteiger partial charge in [0, 0.05) is 16.7 Å². The summed E-state index contributed by atoms with van der Waals surface area (Å²) in [6.45, 7) is -0.566. The van der Waals surface area contributed by atoms with Crippen LogP contribution in [-0.4, -0.2) is 22.8 Å². The van der Waals surface area contributed by atoms with Crippen molar-refractivity contribution >= 4 is 0 Å². The summed E-state index contributed by atoms with van der Waals surface area (Å²) in [4.78, 5) is 4.21. The van der Waals surface area contributed by atoms with Gasteiger partial charge in [-0.25, -0.2) is 4.98 Å². The maximum atomic E-state index is 12.8. The number of hydrogen-bond donors (Lipinski definition) is 1. The lowest BCUT2D eigenvalue weighted by atomic mass is 10.0. The second-order valence-corrected chi connectivity index (χ2v) is 5.95. The highest BCUT2D eigenvalue weighted by Gasteiger charge is 2.33. The second-order valence-electron chi connectivity index (χ2n) is 5.95. The van der Waals surface area contributed by atoms with Crippen molar-refractivity contribution in [1.82, 2.24) is 4.98 Å². The molecular weight excluding hydrogens is 416 g/mol. The Kier molecular flexibility index (Phi) is 5.88. The lowest BCUT2D eigenvalue weighted by molar-refractivity contribution is -0.275. The third-order valence-corrected chi connectivity index (χ3v) is 3.91. The molecule has 0 atom stereocenters. The number of benzene rings is 2. The highest BCUT2D eigenvalue weighted by molar-refractivity contribution is 5.75. The molecule has 30 heavy (non-hydrogen) atoms. The van der Waals surface area contributed by atoms with Gasteiger partial charge in [-0.2, -0.15) is 0 Å². The molecule has 0 radical (unpaired) electrons. The van der Waals surface area contributed by atoms with Crippen LogP contribution in [0.15, 0.2) is 60.7 Å². The number of hydrogen-bond acceptors (Lipinski definition) is 4. The SMILES string of the molecule is OCc1ccc(-c2ccccc2OC(F)(F)F)nc1-c1ccccc1OC(F)(F)F. The van der Waals surface area contributed by atoms with E-state index in [2.05, 4.69) is 14.5 Å². The quantitative estimate of drug-likeness (QED) is 0.529. The molecule has 0 aliphatic heterocycles. The number of halogens is 6. The van der Waals surface area contributed by atoms with Crippen LogP contribution in [-0.2, 0) is 6.61 Å². The molecule has 0 amide bonds. The summed E-state index contributed by atoms with van der Waals surface area (Å²) in [7, 11) is 0. The van der Waals surface area contributed by atoms with Crippen LogP contribution in [0.1, 0.15) is 5.56 Å². The third-order valence-electron chi connectivity index (χ3n) is 3.91. The van der Waals surface area contributed by atoms with Crippen molar-refractivity contribution in [2.75, 3.05) is 0 Å². The van der Waals surface area contributed by atoms with Gasteiger partial charge in [-0.1, -0.05) is 30.3 Å². The lowest BCUT2D eigenvalue weighted by Crippen LogP contribution is -2.18. The molecule has 2 aromatic carbocycles. The molecule has 0 aliphatic carbocycles. The molecule has 0 aliphatic rings. The normalized spacial score (nSPS) is 12.0. The molecule has 10 heteroatoms. The van der Waals surface area contributed by atoms with Crippen molar-refractivity contribution in [3.63, 3.8) is 0 Å². The number of aromatic nitrogens is 1. The molecule has 1 heterocycles. The Bertz CT molecular complexity index is 1030. The van der Waals surface area contributed by atoms with Gasteiger partial charge in [-0.3, -0.25) is 0 Å². The van der Waals surface area contributed by atoms with Crippen molar-refractivity contribution in [3.8, 4) is 34.0 Å². The zero-order valence-electron chi connectivity index (χ0n) is 15.0. The van der Waals surface area contributed by atoms with Crippen LogP contribution >= 0.6 is 0 Å². The van der Waals surface area contributed by atoms with E-state index >= 15 is 0 Å². The molecular formula is C20H13F6NO3. The second kappa shape index (κ2) is 8.23. The van der Waals surface area contributed by atoms with Gasteiger partial charge in [-0.15, -0.1) is 26.3 Å². The summed E-state index contributed by atoms with van der Waals surface area (Å²) in [6, 6.07) is 13.0. The number of aliphatic hydroxyl groups excluding tert-OH is 1. The standard InChI is InChI=1S/C20H13F6NO3/c21-19(22,23)29-16-7-3-1-5-13(16)15-10-9-12(11-28)18(27-15)14-6-2-4-8-17(14)30-20(24,25)26/h1-10,28H,11H2. The molecule has 0 spiro atoms. The average molecular weight is 429 g/mol. The molecule has 158 valence electrons. The molecule has 0 fully saturated rings. The number of pyridine rings is 1. The molecule has 0 bridgehead atoms. The largest absolute Gasteiger partial charge is 0.573 e. The van der Waals surface area contributed by atoms with Gasteiger partial charge in [0.15, 0.2) is 0 Å². The Hall–Kier alpha value is -3.27. The Labute approximate surface area is 166 Å². The highest BCUT2D eigenvalue weighted by atomic mass is 19.4. The molecule has 1 N–H and O–H groups in total. The van der Waals surface area contributed by atoms with E-state index in [0.29, 0.717) is 0 Å². The molecule has 0 unspecified atom stereocenters. The highest BCUT2D eigenvalue weighted by Crippen LogP contribution is 2.38. The Morgan fingerprint density at radius 2 is 1.20 bits per heavy atom. The Morgan fingerprint density at radius 1 is 0.700 bits per heavy atom. The molecule has 0 saturated carbocycles. The third kappa shape index (κ3) is 5.20. The maximum Gasteiger partial charge on any atom is 0.573 e. The average Bonchev–Trinajstić information content (AvgIpc) is 2.66. The van der Waals surface area contributed by atoms with Crippen LogP contribution in [0.25, 0.3) is 22.5 Å². The summed E-state index contributed by atoms with van der Waals surface area (Å²) in [5, 5.41) is 9.60. The van der Waals surface area contributed by atoms with Gasteiger partial charge in [0.05, 0.1) is 18.0 Å². The van der Waals surface area contributed by atoms with Crippen molar-refractivity contribution in [2.24, 2.45) is 0 Å². The molecule has 4 nitrogen and oxygen atoms in total. The van der Waals surface area contributed by atoms with Gasteiger partial charge >= 0.3 is 12.7 Å². The number of rotatable bonds is 5. The summed E-state index contributed by atoms with van der Waals surface area (Å²) in [5.41, 5.74) is -0.0311. The number of nitrogens with zero attached hydrogens (tertiary/aromatic N) is 1. The number of ether oxygens (including phenoxy) is 2. The monoisotopic (exact) mass is 429 g/mol. The fourth-order valence-corrected chi connectivity index (χ4v) is 2.77. The first-order valence-electron chi connectivity index (χ1n) is 8.38. The number of alkyl halides is 6.